The molecule has 0 radical (unpaired) electrons. The van der Waals surface area contributed by atoms with Crippen LogP contribution in [0, 0.1) is 6.92 Å². The summed E-state index contributed by atoms with van der Waals surface area (Å²) >= 11 is 1.32. The van der Waals surface area contributed by atoms with Crippen LogP contribution in [0.15, 0.2) is 48.5 Å². The molecule has 2 aromatic carbocycles. The smallest absolute Gasteiger partial charge is 0.234 e. The first-order valence-corrected chi connectivity index (χ1v) is 11.4. The number of hydrogen-bond donors (Lipinski definition) is 2. The van der Waals surface area contributed by atoms with Crippen molar-refractivity contribution in [2.45, 2.75) is 32.6 Å². The van der Waals surface area contributed by atoms with E-state index in [0.29, 0.717) is 0 Å². The van der Waals surface area contributed by atoms with Crippen LogP contribution in [0.1, 0.15) is 31.2 Å². The zero-order chi connectivity index (χ0) is 20.5. The Morgan fingerprint density at radius 2 is 1.59 bits per heavy atom. The molecule has 6 heteroatoms. The zero-order valence-corrected chi connectivity index (χ0v) is 17.8. The van der Waals surface area contributed by atoms with E-state index < -0.39 is 0 Å². The van der Waals surface area contributed by atoms with Gasteiger partial charge in [-0.1, -0.05) is 37.1 Å². The zero-order valence-electron chi connectivity index (χ0n) is 16.9. The van der Waals surface area contributed by atoms with E-state index in [1.165, 1.54) is 37.4 Å². The van der Waals surface area contributed by atoms with Gasteiger partial charge in [0, 0.05) is 18.8 Å². The number of hydrogen-bond acceptors (Lipinski definition) is 4. The Morgan fingerprint density at radius 1 is 0.897 bits per heavy atom. The Morgan fingerprint density at radius 3 is 2.31 bits per heavy atom. The topological polar surface area (TPSA) is 61.4 Å². The third-order valence-corrected chi connectivity index (χ3v) is 5.83. The molecule has 5 nitrogen and oxygen atoms in total. The lowest BCUT2D eigenvalue weighted by Crippen LogP contribution is -2.26. The first kappa shape index (κ1) is 21.2. The summed E-state index contributed by atoms with van der Waals surface area (Å²) < 4.78 is 0. The van der Waals surface area contributed by atoms with Gasteiger partial charge in [-0.15, -0.1) is 11.8 Å². The Bertz CT molecular complexity index is 832. The average molecular weight is 412 g/mol. The van der Waals surface area contributed by atoms with Crippen LogP contribution in [0.4, 0.5) is 17.1 Å². The van der Waals surface area contributed by atoms with Crippen molar-refractivity contribution in [3.63, 3.8) is 0 Å². The third-order valence-electron chi connectivity index (χ3n) is 4.89. The number of nitrogens with one attached hydrogen (secondary N) is 2. The lowest BCUT2D eigenvalue weighted by Gasteiger charge is -2.25. The molecular weight excluding hydrogens is 382 g/mol. The largest absolute Gasteiger partial charge is 0.370 e. The predicted molar refractivity (Wildman–Crippen MR) is 123 cm³/mol. The maximum absolute atomic E-state index is 12.4. The van der Waals surface area contributed by atoms with Crippen molar-refractivity contribution in [1.82, 2.24) is 0 Å². The Hall–Kier alpha value is -2.47. The molecule has 1 aliphatic rings. The molecule has 3 rings (SSSR count). The molecule has 1 heterocycles. The number of anilines is 3. The highest BCUT2D eigenvalue weighted by Crippen LogP contribution is 2.28. The highest BCUT2D eigenvalue weighted by molar-refractivity contribution is 8.00. The van der Waals surface area contributed by atoms with Crippen molar-refractivity contribution in [1.29, 1.82) is 0 Å². The number of aryl methyl sites for hydroxylation is 1. The lowest BCUT2D eigenvalue weighted by atomic mass is 10.2. The van der Waals surface area contributed by atoms with Crippen LogP contribution in [0.25, 0.3) is 0 Å². The standard InChI is InChI=1S/C23H29N3O2S/c1-18-9-8-10-19(15-18)24-22(27)16-29-17-23(28)25-20-11-4-5-12-21(20)26-13-6-2-3-7-14-26/h4-5,8-12,15H,2-3,6-7,13-14,16-17H2,1H3,(H,24,27)(H,25,28). The molecule has 2 aromatic rings. The molecule has 0 saturated carbocycles. The molecule has 0 spiro atoms. The summed E-state index contributed by atoms with van der Waals surface area (Å²) in [6.07, 6.45) is 4.92. The van der Waals surface area contributed by atoms with Gasteiger partial charge >= 0.3 is 0 Å². The minimum atomic E-state index is -0.0987. The van der Waals surface area contributed by atoms with Crippen molar-refractivity contribution < 1.29 is 9.59 Å². The van der Waals surface area contributed by atoms with Gasteiger partial charge in [0.25, 0.3) is 0 Å². The van der Waals surface area contributed by atoms with Crippen molar-refractivity contribution >= 4 is 40.6 Å². The van der Waals surface area contributed by atoms with Gasteiger partial charge in [0.15, 0.2) is 0 Å². The van der Waals surface area contributed by atoms with Gasteiger partial charge in [-0.25, -0.2) is 0 Å². The van der Waals surface area contributed by atoms with E-state index >= 15 is 0 Å². The number of nitrogens with zero attached hydrogens (tertiary/aromatic N) is 1. The minimum Gasteiger partial charge on any atom is -0.370 e. The SMILES string of the molecule is Cc1cccc(NC(=O)CSCC(=O)Nc2ccccc2N2CCCCCC2)c1. The Labute approximate surface area is 177 Å². The van der Waals surface area contributed by atoms with Gasteiger partial charge in [-0.05, 0) is 49.6 Å². The normalized spacial score (nSPS) is 14.2. The molecule has 0 atom stereocenters. The van der Waals surface area contributed by atoms with Gasteiger partial charge in [-0.3, -0.25) is 9.59 Å². The second-order valence-electron chi connectivity index (χ2n) is 7.38. The molecule has 1 fully saturated rings. The van der Waals surface area contributed by atoms with Gasteiger partial charge in [0.2, 0.25) is 11.8 Å². The first-order valence-electron chi connectivity index (χ1n) is 10.2. The molecule has 154 valence electrons. The average Bonchev–Trinajstić information content (AvgIpc) is 2.98. The number of carbonyl (C=O) groups excluding carboxylic acids is 2. The molecule has 0 unspecified atom stereocenters. The summed E-state index contributed by atoms with van der Waals surface area (Å²) in [7, 11) is 0. The van der Waals surface area contributed by atoms with Crippen molar-refractivity contribution in [3.05, 3.63) is 54.1 Å². The van der Waals surface area contributed by atoms with Gasteiger partial charge in [0.05, 0.1) is 22.9 Å². The lowest BCUT2D eigenvalue weighted by molar-refractivity contribution is -0.114. The van der Waals surface area contributed by atoms with E-state index in [9.17, 15) is 9.59 Å². The number of amides is 2. The maximum Gasteiger partial charge on any atom is 0.234 e. The molecular formula is C23H29N3O2S. The number of carbonyl (C=O) groups is 2. The second-order valence-corrected chi connectivity index (χ2v) is 8.36. The molecule has 0 aromatic heterocycles. The quantitative estimate of drug-likeness (QED) is 0.694. The molecule has 0 aliphatic carbocycles. The van der Waals surface area contributed by atoms with Crippen LogP contribution < -0.4 is 15.5 Å². The van der Waals surface area contributed by atoms with Gasteiger partial charge in [-0.2, -0.15) is 0 Å². The summed E-state index contributed by atoms with van der Waals surface area (Å²) in [5.41, 5.74) is 3.82. The Kier molecular flexibility index (Phi) is 7.99. The van der Waals surface area contributed by atoms with Crippen molar-refractivity contribution in [2.24, 2.45) is 0 Å². The van der Waals surface area contributed by atoms with Crippen LogP contribution in [0.2, 0.25) is 0 Å². The molecule has 2 N–H and O–H groups in total. The van der Waals surface area contributed by atoms with Crippen LogP contribution in [0.5, 0.6) is 0 Å². The van der Waals surface area contributed by atoms with E-state index in [4.69, 9.17) is 0 Å². The number of thioether (sulfide) groups is 1. The van der Waals surface area contributed by atoms with Crippen LogP contribution in [-0.4, -0.2) is 36.4 Å². The molecule has 1 saturated heterocycles. The monoisotopic (exact) mass is 411 g/mol. The maximum atomic E-state index is 12.4. The van der Waals surface area contributed by atoms with Crippen molar-refractivity contribution in [3.8, 4) is 0 Å². The fraction of sp³-hybridized carbons (Fsp3) is 0.391. The van der Waals surface area contributed by atoms with E-state index in [1.807, 2.05) is 49.4 Å². The third kappa shape index (κ3) is 6.82. The molecule has 29 heavy (non-hydrogen) atoms. The van der Waals surface area contributed by atoms with Crippen LogP contribution in [-0.2, 0) is 9.59 Å². The second kappa shape index (κ2) is 10.9. The number of rotatable bonds is 7. The summed E-state index contributed by atoms with van der Waals surface area (Å²) in [5, 5.41) is 5.89. The van der Waals surface area contributed by atoms with Crippen molar-refractivity contribution in [2.75, 3.05) is 40.1 Å². The Balaban J connectivity index is 1.47. The number of para-hydroxylation sites is 2. The highest BCUT2D eigenvalue weighted by Gasteiger charge is 2.15. The summed E-state index contributed by atoms with van der Waals surface area (Å²) in [6.45, 7) is 4.04. The van der Waals surface area contributed by atoms with E-state index in [-0.39, 0.29) is 23.3 Å². The summed E-state index contributed by atoms with van der Waals surface area (Å²) in [5.74, 6) is 0.309. The van der Waals surface area contributed by atoms with Crippen LogP contribution >= 0.6 is 11.8 Å². The number of benzene rings is 2. The van der Waals surface area contributed by atoms with E-state index in [1.54, 1.807) is 0 Å². The predicted octanol–water partition coefficient (Wildman–Crippen LogP) is 4.69. The fourth-order valence-corrected chi connectivity index (χ4v) is 4.13. The summed E-state index contributed by atoms with van der Waals surface area (Å²) in [4.78, 5) is 26.9. The summed E-state index contributed by atoms with van der Waals surface area (Å²) in [6, 6.07) is 15.7. The highest BCUT2D eigenvalue weighted by atomic mass is 32.2. The molecule has 1 aliphatic heterocycles. The van der Waals surface area contributed by atoms with E-state index in [0.717, 1.165) is 35.7 Å². The van der Waals surface area contributed by atoms with Gasteiger partial charge < -0.3 is 15.5 Å². The molecule has 2 amide bonds. The van der Waals surface area contributed by atoms with Crippen LogP contribution in [0.3, 0.4) is 0 Å². The first-order chi connectivity index (χ1) is 14.1. The van der Waals surface area contributed by atoms with E-state index in [2.05, 4.69) is 21.6 Å². The molecule has 0 bridgehead atoms. The minimum absolute atomic E-state index is 0.0828. The van der Waals surface area contributed by atoms with Gasteiger partial charge in [0.1, 0.15) is 0 Å². The fourth-order valence-electron chi connectivity index (χ4n) is 3.51.